The Kier molecular flexibility index (Phi) is 6.23. The zero-order valence-corrected chi connectivity index (χ0v) is 19.1. The zero-order chi connectivity index (χ0) is 23.7. The van der Waals surface area contributed by atoms with Crippen molar-refractivity contribution in [2.75, 3.05) is 12.3 Å². The van der Waals surface area contributed by atoms with Crippen LogP contribution in [0.4, 0.5) is 10.3 Å². The molecule has 0 aliphatic carbocycles. The molecular formula is C23H24ClFN6O3. The van der Waals surface area contributed by atoms with E-state index in [1.165, 1.54) is 16.8 Å². The minimum Gasteiger partial charge on any atom is -0.490 e. The second-order valence-electron chi connectivity index (χ2n) is 8.59. The maximum absolute atomic E-state index is 13.2. The van der Waals surface area contributed by atoms with Crippen LogP contribution in [-0.2, 0) is 11.3 Å². The van der Waals surface area contributed by atoms with Crippen molar-refractivity contribution in [1.29, 1.82) is 0 Å². The number of hydrogen-bond donors (Lipinski definition) is 1. The first-order valence-electron chi connectivity index (χ1n) is 11.1. The van der Waals surface area contributed by atoms with Crippen molar-refractivity contribution >= 4 is 23.5 Å². The molecule has 3 atom stereocenters. The second kappa shape index (κ2) is 9.46. The molecule has 3 heterocycles. The highest BCUT2D eigenvalue weighted by atomic mass is 35.5. The van der Waals surface area contributed by atoms with Gasteiger partial charge in [-0.05, 0) is 65.7 Å². The Morgan fingerprint density at radius 1 is 1.15 bits per heavy atom. The molecule has 2 aromatic carbocycles. The normalized spacial score (nSPS) is 21.5. The number of ether oxygens (including phenoxy) is 2. The van der Waals surface area contributed by atoms with Gasteiger partial charge in [0.15, 0.2) is 6.61 Å². The van der Waals surface area contributed by atoms with E-state index in [2.05, 4.69) is 15.5 Å². The molecule has 2 bridgehead atoms. The lowest BCUT2D eigenvalue weighted by atomic mass is 9.99. The summed E-state index contributed by atoms with van der Waals surface area (Å²) in [5, 5.41) is 11.6. The fourth-order valence-corrected chi connectivity index (χ4v) is 5.04. The average molecular weight is 487 g/mol. The van der Waals surface area contributed by atoms with Gasteiger partial charge in [-0.25, -0.2) is 9.07 Å². The van der Waals surface area contributed by atoms with Crippen molar-refractivity contribution in [1.82, 2.24) is 25.1 Å². The Balaban J connectivity index is 1.21. The highest BCUT2D eigenvalue weighted by Crippen LogP contribution is 2.37. The van der Waals surface area contributed by atoms with Gasteiger partial charge in [0, 0.05) is 35.5 Å². The van der Waals surface area contributed by atoms with Crippen LogP contribution < -0.4 is 15.2 Å². The monoisotopic (exact) mass is 486 g/mol. The Morgan fingerprint density at radius 3 is 2.56 bits per heavy atom. The number of halogens is 2. The van der Waals surface area contributed by atoms with Crippen LogP contribution in [0.3, 0.4) is 0 Å². The number of carbonyl (C=O) groups is 1. The third kappa shape index (κ3) is 4.77. The molecule has 11 heteroatoms. The topological polar surface area (TPSA) is 108 Å². The van der Waals surface area contributed by atoms with Gasteiger partial charge >= 0.3 is 0 Å². The minimum atomic E-state index is -0.293. The lowest BCUT2D eigenvalue weighted by Crippen LogP contribution is -2.50. The van der Waals surface area contributed by atoms with E-state index in [9.17, 15) is 9.18 Å². The molecule has 3 aromatic rings. The molecule has 1 unspecified atom stereocenters. The predicted octanol–water partition coefficient (Wildman–Crippen LogP) is 3.08. The number of anilines is 1. The van der Waals surface area contributed by atoms with Crippen LogP contribution in [0.2, 0.25) is 5.02 Å². The van der Waals surface area contributed by atoms with Crippen molar-refractivity contribution in [2.24, 2.45) is 0 Å². The Bertz CT molecular complexity index is 1160. The molecule has 2 aliphatic heterocycles. The fraction of sp³-hybridized carbons (Fsp3) is 0.391. The number of fused-ring (bicyclic) bond motifs is 2. The molecule has 2 saturated heterocycles. The van der Waals surface area contributed by atoms with Crippen molar-refractivity contribution in [3.8, 4) is 11.5 Å². The third-order valence-electron chi connectivity index (χ3n) is 6.35. The fourth-order valence-electron chi connectivity index (χ4n) is 4.85. The van der Waals surface area contributed by atoms with Gasteiger partial charge in [0.1, 0.15) is 23.4 Å². The van der Waals surface area contributed by atoms with Gasteiger partial charge in [0.05, 0.1) is 6.54 Å². The lowest BCUT2D eigenvalue weighted by Gasteiger charge is -2.38. The summed E-state index contributed by atoms with van der Waals surface area (Å²) in [6.07, 6.45) is 3.35. The van der Waals surface area contributed by atoms with Gasteiger partial charge < -0.3 is 20.1 Å². The van der Waals surface area contributed by atoms with Crippen LogP contribution >= 0.6 is 11.6 Å². The summed E-state index contributed by atoms with van der Waals surface area (Å²) in [4.78, 5) is 15.1. The van der Waals surface area contributed by atoms with Gasteiger partial charge in [-0.3, -0.25) is 4.79 Å². The van der Waals surface area contributed by atoms with E-state index in [1.54, 1.807) is 30.3 Å². The zero-order valence-electron chi connectivity index (χ0n) is 18.3. The molecule has 2 N–H and O–H groups in total. The molecule has 5 rings (SSSR count). The molecular weight excluding hydrogens is 463 g/mol. The smallest absolute Gasteiger partial charge is 0.261 e. The van der Waals surface area contributed by atoms with Gasteiger partial charge in [-0.1, -0.05) is 16.7 Å². The Labute approximate surface area is 200 Å². The van der Waals surface area contributed by atoms with Gasteiger partial charge in [-0.15, -0.1) is 0 Å². The number of nitrogens with zero attached hydrogens (tertiary/aromatic N) is 5. The average Bonchev–Trinajstić information content (AvgIpc) is 3.34. The maximum Gasteiger partial charge on any atom is 0.261 e. The summed E-state index contributed by atoms with van der Waals surface area (Å²) in [7, 11) is 0. The van der Waals surface area contributed by atoms with E-state index in [-0.39, 0.29) is 49.0 Å². The highest BCUT2D eigenvalue weighted by Gasteiger charge is 2.44. The molecule has 9 nitrogen and oxygen atoms in total. The summed E-state index contributed by atoms with van der Waals surface area (Å²) in [5.74, 6) is 0.986. The first-order valence-corrected chi connectivity index (χ1v) is 11.5. The highest BCUT2D eigenvalue weighted by molar-refractivity contribution is 6.30. The number of aromatic nitrogens is 4. The van der Waals surface area contributed by atoms with Crippen molar-refractivity contribution in [3.63, 3.8) is 0 Å². The molecule has 1 amide bonds. The Hall–Kier alpha value is -3.40. The van der Waals surface area contributed by atoms with Crippen LogP contribution in [-0.4, -0.2) is 55.8 Å². The van der Waals surface area contributed by atoms with Crippen molar-refractivity contribution < 1.29 is 18.7 Å². The number of tetrazole rings is 1. The Morgan fingerprint density at radius 2 is 1.88 bits per heavy atom. The van der Waals surface area contributed by atoms with Crippen LogP contribution in [0.5, 0.6) is 11.5 Å². The van der Waals surface area contributed by atoms with E-state index in [1.807, 2.05) is 4.90 Å². The van der Waals surface area contributed by atoms with Gasteiger partial charge in [0.2, 0.25) is 5.95 Å². The summed E-state index contributed by atoms with van der Waals surface area (Å²) in [6.45, 7) is 0.177. The van der Waals surface area contributed by atoms with Crippen molar-refractivity contribution in [3.05, 3.63) is 58.9 Å². The molecule has 0 spiro atoms. The predicted molar refractivity (Wildman–Crippen MR) is 122 cm³/mol. The molecule has 0 saturated carbocycles. The first kappa shape index (κ1) is 22.4. The van der Waals surface area contributed by atoms with Crippen LogP contribution in [0.25, 0.3) is 0 Å². The van der Waals surface area contributed by atoms with E-state index in [0.717, 1.165) is 25.7 Å². The van der Waals surface area contributed by atoms with Gasteiger partial charge in [0.25, 0.3) is 5.91 Å². The van der Waals surface area contributed by atoms with Crippen LogP contribution in [0.15, 0.2) is 42.5 Å². The molecule has 178 valence electrons. The van der Waals surface area contributed by atoms with E-state index < -0.39 is 0 Å². The quantitative estimate of drug-likeness (QED) is 0.546. The number of rotatable bonds is 7. The number of nitrogens with two attached hydrogens (primary N) is 1. The maximum atomic E-state index is 13.2. The molecule has 2 aliphatic rings. The number of carbonyl (C=O) groups excluding carboxylic acids is 1. The van der Waals surface area contributed by atoms with E-state index in [4.69, 9.17) is 26.8 Å². The molecule has 1 aromatic heterocycles. The number of piperidine rings is 1. The van der Waals surface area contributed by atoms with Crippen molar-refractivity contribution in [2.45, 2.75) is 50.4 Å². The largest absolute Gasteiger partial charge is 0.490 e. The van der Waals surface area contributed by atoms with Gasteiger partial charge in [-0.2, -0.15) is 0 Å². The third-order valence-corrected chi connectivity index (χ3v) is 6.58. The molecule has 0 radical (unpaired) electrons. The number of hydrogen-bond acceptors (Lipinski definition) is 7. The number of nitrogen functional groups attached to an aromatic ring is 1. The van der Waals surface area contributed by atoms with E-state index in [0.29, 0.717) is 22.1 Å². The summed E-state index contributed by atoms with van der Waals surface area (Å²) < 4.78 is 26.6. The SMILES string of the molecule is Nc1nnnn1Cc1cc(Cl)ccc1OCC(=O)N1[C@@H]2CC[C@H]1CC(Oc1ccc(F)cc1)C2. The number of amides is 1. The lowest BCUT2D eigenvalue weighted by molar-refractivity contribution is -0.139. The van der Waals surface area contributed by atoms with Crippen LogP contribution in [0.1, 0.15) is 31.2 Å². The summed E-state index contributed by atoms with van der Waals surface area (Å²) in [6, 6.07) is 11.4. The summed E-state index contributed by atoms with van der Waals surface area (Å²) >= 11 is 6.15. The summed E-state index contributed by atoms with van der Waals surface area (Å²) in [5.41, 5.74) is 6.48. The minimum absolute atomic E-state index is 0.00227. The molecule has 2 fully saturated rings. The van der Waals surface area contributed by atoms with E-state index >= 15 is 0 Å². The standard InChI is InChI=1S/C23H24ClFN6O3/c24-15-1-8-21(14(9-15)12-30-23(26)27-28-29-30)33-13-22(32)31-17-4-5-18(31)11-20(10-17)34-19-6-2-16(25)3-7-19/h1-3,6-9,17-18,20H,4-5,10-13H2,(H2,26,27,29)/t17-,18+,20?. The number of benzene rings is 2. The molecule has 34 heavy (non-hydrogen) atoms. The first-order chi connectivity index (χ1) is 16.5. The van der Waals surface area contributed by atoms with Crippen LogP contribution in [0, 0.1) is 5.82 Å². The second-order valence-corrected chi connectivity index (χ2v) is 9.02.